The summed E-state index contributed by atoms with van der Waals surface area (Å²) in [4.78, 5) is 35.7. The summed E-state index contributed by atoms with van der Waals surface area (Å²) in [6.07, 6.45) is 0.835. The van der Waals surface area contributed by atoms with Crippen LogP contribution in [0, 0.1) is 0 Å². The van der Waals surface area contributed by atoms with Gasteiger partial charge in [-0.25, -0.2) is 0 Å². The molecule has 19 heavy (non-hydrogen) atoms. The number of rotatable bonds is 8. The minimum absolute atomic E-state index is 0.397. The zero-order chi connectivity index (χ0) is 14.1. The molecule has 0 aliphatic carbocycles. The van der Waals surface area contributed by atoms with Crippen LogP contribution in [0.25, 0.3) is 0 Å². The Kier molecular flexibility index (Phi) is 7.06. The first-order valence-electron chi connectivity index (χ1n) is 6.50. The summed E-state index contributed by atoms with van der Waals surface area (Å²) in [5.41, 5.74) is 0. The molecular weight excluding hydrogens is 250 g/mol. The molecule has 0 aromatic carbocycles. The highest BCUT2D eigenvalue weighted by Gasteiger charge is 2.23. The molecule has 0 unspecified atom stereocenters. The Balaban J connectivity index is 2.25. The first-order valence-corrected chi connectivity index (χ1v) is 6.50. The van der Waals surface area contributed by atoms with Gasteiger partial charge in [-0.15, -0.1) is 0 Å². The van der Waals surface area contributed by atoms with Crippen molar-refractivity contribution >= 4 is 18.1 Å². The van der Waals surface area contributed by atoms with E-state index in [0.29, 0.717) is 39.1 Å². The molecule has 108 valence electrons. The average molecular weight is 271 g/mol. The van der Waals surface area contributed by atoms with Gasteiger partial charge in [0, 0.05) is 26.2 Å². The van der Waals surface area contributed by atoms with E-state index in [1.165, 1.54) is 0 Å². The fraction of sp³-hybridized carbons (Fsp3) is 0.750. The summed E-state index contributed by atoms with van der Waals surface area (Å²) >= 11 is 0. The molecule has 1 fully saturated rings. The summed E-state index contributed by atoms with van der Waals surface area (Å²) < 4.78 is 5.21. The van der Waals surface area contributed by atoms with Crippen LogP contribution < -0.4 is 10.6 Å². The molecule has 0 aromatic rings. The van der Waals surface area contributed by atoms with Crippen LogP contribution in [0.4, 0.5) is 0 Å². The number of hydrogen-bond acceptors (Lipinski definition) is 5. The number of hydrogen-bond donors (Lipinski definition) is 2. The molecule has 1 rings (SSSR count). The monoisotopic (exact) mass is 271 g/mol. The fourth-order valence-electron chi connectivity index (χ4n) is 1.86. The molecule has 7 nitrogen and oxygen atoms in total. The highest BCUT2D eigenvalue weighted by Crippen LogP contribution is 1.95. The van der Waals surface area contributed by atoms with Crippen LogP contribution in [-0.2, 0) is 19.1 Å². The van der Waals surface area contributed by atoms with E-state index in [1.54, 1.807) is 6.92 Å². The third-order valence-electron chi connectivity index (χ3n) is 3.04. The van der Waals surface area contributed by atoms with Gasteiger partial charge < -0.3 is 15.4 Å². The normalized spacial score (nSPS) is 17.5. The number of ketones is 1. The van der Waals surface area contributed by atoms with Gasteiger partial charge in [0.2, 0.25) is 12.2 Å². The Bertz CT molecular complexity index is 316. The Hall–Kier alpha value is -1.47. The van der Waals surface area contributed by atoms with E-state index >= 15 is 0 Å². The second-order valence-electron chi connectivity index (χ2n) is 4.32. The van der Waals surface area contributed by atoms with Crippen LogP contribution in [0.1, 0.15) is 13.3 Å². The van der Waals surface area contributed by atoms with E-state index < -0.39 is 17.7 Å². The Morgan fingerprint density at radius 2 is 2.05 bits per heavy atom. The van der Waals surface area contributed by atoms with Crippen molar-refractivity contribution in [3.05, 3.63) is 0 Å². The first kappa shape index (κ1) is 15.6. The van der Waals surface area contributed by atoms with Crippen molar-refractivity contribution in [3.8, 4) is 0 Å². The SMILES string of the molecule is CC[C@H](NC=O)C(=O)C(=O)NCCN1CCOCC1. The van der Waals surface area contributed by atoms with Gasteiger partial charge >= 0.3 is 0 Å². The van der Waals surface area contributed by atoms with E-state index in [9.17, 15) is 14.4 Å². The molecule has 0 aromatic heterocycles. The van der Waals surface area contributed by atoms with Gasteiger partial charge in [0.15, 0.2) is 0 Å². The Labute approximate surface area is 112 Å². The molecular formula is C12H21N3O4. The Morgan fingerprint density at radius 3 is 2.63 bits per heavy atom. The van der Waals surface area contributed by atoms with Gasteiger partial charge in [-0.05, 0) is 6.42 Å². The van der Waals surface area contributed by atoms with Gasteiger partial charge in [0.1, 0.15) is 0 Å². The number of amides is 2. The molecule has 1 heterocycles. The molecule has 1 aliphatic heterocycles. The smallest absolute Gasteiger partial charge is 0.289 e. The first-order chi connectivity index (χ1) is 9.19. The van der Waals surface area contributed by atoms with Crippen molar-refractivity contribution in [2.24, 2.45) is 0 Å². The minimum atomic E-state index is -0.735. The van der Waals surface area contributed by atoms with Crippen LogP contribution in [0.2, 0.25) is 0 Å². The molecule has 0 radical (unpaired) electrons. The highest BCUT2D eigenvalue weighted by atomic mass is 16.5. The lowest BCUT2D eigenvalue weighted by molar-refractivity contribution is -0.139. The predicted octanol–water partition coefficient (Wildman–Crippen LogP) is -1.47. The maximum Gasteiger partial charge on any atom is 0.289 e. The van der Waals surface area contributed by atoms with Gasteiger partial charge in [-0.3, -0.25) is 19.3 Å². The highest BCUT2D eigenvalue weighted by molar-refractivity contribution is 6.38. The molecule has 0 spiro atoms. The maximum absolute atomic E-state index is 11.7. The Morgan fingerprint density at radius 1 is 1.37 bits per heavy atom. The van der Waals surface area contributed by atoms with Crippen molar-refractivity contribution in [2.45, 2.75) is 19.4 Å². The number of Topliss-reactive ketones (excluding diaryl/α,β-unsaturated/α-hetero) is 1. The molecule has 1 saturated heterocycles. The fourth-order valence-corrected chi connectivity index (χ4v) is 1.86. The topological polar surface area (TPSA) is 87.7 Å². The van der Waals surface area contributed by atoms with Gasteiger partial charge in [0.05, 0.1) is 19.3 Å². The van der Waals surface area contributed by atoms with Crippen LogP contribution in [0.15, 0.2) is 0 Å². The van der Waals surface area contributed by atoms with Crippen molar-refractivity contribution in [1.29, 1.82) is 0 Å². The minimum Gasteiger partial charge on any atom is -0.379 e. The number of nitrogens with one attached hydrogen (secondary N) is 2. The molecule has 2 amide bonds. The lowest BCUT2D eigenvalue weighted by Crippen LogP contribution is -2.47. The summed E-state index contributed by atoms with van der Waals surface area (Å²) in [6.45, 7) is 5.94. The molecule has 1 aliphatic rings. The van der Waals surface area contributed by atoms with E-state index in [4.69, 9.17) is 4.74 Å². The van der Waals surface area contributed by atoms with Gasteiger partial charge in [-0.1, -0.05) is 6.92 Å². The second-order valence-corrected chi connectivity index (χ2v) is 4.32. The van der Waals surface area contributed by atoms with Crippen LogP contribution >= 0.6 is 0 Å². The third kappa shape index (κ3) is 5.35. The van der Waals surface area contributed by atoms with E-state index in [-0.39, 0.29) is 0 Å². The molecule has 1 atom stereocenters. The molecule has 7 heteroatoms. The summed E-state index contributed by atoms with van der Waals surface area (Å²) in [7, 11) is 0. The lowest BCUT2D eigenvalue weighted by atomic mass is 10.1. The lowest BCUT2D eigenvalue weighted by Gasteiger charge is -2.26. The molecule has 2 N–H and O–H groups in total. The van der Waals surface area contributed by atoms with E-state index in [0.717, 1.165) is 13.1 Å². The van der Waals surface area contributed by atoms with Gasteiger partial charge in [0.25, 0.3) is 5.91 Å². The summed E-state index contributed by atoms with van der Waals surface area (Å²) in [5, 5.41) is 4.91. The zero-order valence-corrected chi connectivity index (χ0v) is 11.2. The largest absolute Gasteiger partial charge is 0.379 e. The van der Waals surface area contributed by atoms with E-state index in [2.05, 4.69) is 15.5 Å². The van der Waals surface area contributed by atoms with Crippen molar-refractivity contribution in [2.75, 3.05) is 39.4 Å². The average Bonchev–Trinajstić information content (AvgIpc) is 2.45. The number of carbonyl (C=O) groups excluding carboxylic acids is 3. The standard InChI is InChI=1S/C12H21N3O4/c1-2-10(14-9-16)11(17)12(18)13-3-4-15-5-7-19-8-6-15/h9-10H,2-8H2,1H3,(H,13,18)(H,14,16)/t10-/m0/s1. The van der Waals surface area contributed by atoms with Gasteiger partial charge in [-0.2, -0.15) is 0 Å². The van der Waals surface area contributed by atoms with Crippen molar-refractivity contribution in [1.82, 2.24) is 15.5 Å². The second kappa shape index (κ2) is 8.60. The number of carbonyl (C=O) groups is 3. The summed E-state index contributed by atoms with van der Waals surface area (Å²) in [5.74, 6) is -1.24. The third-order valence-corrected chi connectivity index (χ3v) is 3.04. The number of morpholine rings is 1. The molecule has 0 saturated carbocycles. The van der Waals surface area contributed by atoms with Crippen LogP contribution in [-0.4, -0.2) is 68.4 Å². The quantitative estimate of drug-likeness (QED) is 0.416. The van der Waals surface area contributed by atoms with Crippen LogP contribution in [0.3, 0.4) is 0 Å². The zero-order valence-electron chi connectivity index (χ0n) is 11.2. The molecule has 0 bridgehead atoms. The van der Waals surface area contributed by atoms with Crippen molar-refractivity contribution in [3.63, 3.8) is 0 Å². The van der Waals surface area contributed by atoms with Crippen molar-refractivity contribution < 1.29 is 19.1 Å². The van der Waals surface area contributed by atoms with E-state index in [1.807, 2.05) is 0 Å². The predicted molar refractivity (Wildman–Crippen MR) is 68.6 cm³/mol. The summed E-state index contributed by atoms with van der Waals surface area (Å²) in [6, 6.07) is -0.735. The van der Waals surface area contributed by atoms with Crippen LogP contribution in [0.5, 0.6) is 0 Å². The number of nitrogens with zero attached hydrogens (tertiary/aromatic N) is 1. The maximum atomic E-state index is 11.7. The number of ether oxygens (including phenoxy) is 1.